The predicted molar refractivity (Wildman–Crippen MR) is 42.0 cm³/mol. The topological polar surface area (TPSA) is 63.3 Å². The number of nitrogens with zero attached hydrogens (tertiary/aromatic N) is 1. The molecule has 1 rings (SSSR count). The number of aliphatic carboxylic acids is 1. The summed E-state index contributed by atoms with van der Waals surface area (Å²) in [4.78, 5) is 13.9. The van der Waals surface area contributed by atoms with Crippen LogP contribution in [0, 0.1) is 0 Å². The Balaban J connectivity index is 2.81. The molecule has 4 nitrogen and oxygen atoms in total. The van der Waals surface area contributed by atoms with Crippen LogP contribution in [0.3, 0.4) is 0 Å². The van der Waals surface area contributed by atoms with Gasteiger partial charge in [0.15, 0.2) is 0 Å². The third-order valence-corrected chi connectivity index (χ3v) is 1.46. The molecular weight excluding hydrogens is 177 g/mol. The molecule has 1 aromatic heterocycles. The first-order valence-electron chi connectivity index (χ1n) is 3.75. The molecule has 0 saturated carbocycles. The van der Waals surface area contributed by atoms with Crippen LogP contribution in [0.4, 0.5) is 4.39 Å². The molecule has 0 aliphatic carbocycles. The van der Waals surface area contributed by atoms with E-state index in [9.17, 15) is 9.18 Å². The van der Waals surface area contributed by atoms with Crippen LogP contribution in [0.1, 0.15) is 25.4 Å². The molecule has 0 bridgehead atoms. The molecule has 0 aliphatic rings. The molecule has 0 radical (unpaired) electrons. The minimum atomic E-state index is -1.60. The molecule has 1 aromatic rings. The van der Waals surface area contributed by atoms with Gasteiger partial charge in [-0.2, -0.15) is 0 Å². The van der Waals surface area contributed by atoms with E-state index in [1.165, 1.54) is 13.8 Å². The first-order chi connectivity index (χ1) is 5.89. The lowest BCUT2D eigenvalue weighted by atomic mass is 10.1. The number of carboxylic acid groups (broad SMARTS) is 1. The molecule has 0 spiro atoms. The van der Waals surface area contributed by atoms with Crippen molar-refractivity contribution in [1.82, 2.24) is 4.98 Å². The smallest absolute Gasteiger partial charge is 0.312 e. The van der Waals surface area contributed by atoms with E-state index in [-0.39, 0.29) is 18.0 Å². The number of carbonyl (C=O) groups is 1. The summed E-state index contributed by atoms with van der Waals surface area (Å²) >= 11 is 0. The van der Waals surface area contributed by atoms with E-state index in [1.54, 1.807) is 0 Å². The van der Waals surface area contributed by atoms with Crippen LogP contribution in [-0.4, -0.2) is 16.1 Å². The van der Waals surface area contributed by atoms with Crippen LogP contribution in [0.5, 0.6) is 0 Å². The van der Waals surface area contributed by atoms with Crippen LogP contribution >= 0.6 is 0 Å². The lowest BCUT2D eigenvalue weighted by Crippen LogP contribution is -2.10. The van der Waals surface area contributed by atoms with Crippen LogP contribution in [0.2, 0.25) is 0 Å². The largest absolute Gasteiger partial charge is 0.481 e. The first-order valence-corrected chi connectivity index (χ1v) is 3.75. The van der Waals surface area contributed by atoms with Crippen LogP contribution in [-0.2, 0) is 16.9 Å². The summed E-state index contributed by atoms with van der Waals surface area (Å²) in [5.41, 5.74) is -1.48. The average Bonchev–Trinajstić information content (AvgIpc) is 2.32. The number of alkyl halides is 1. The van der Waals surface area contributed by atoms with Gasteiger partial charge in [-0.3, -0.25) is 4.79 Å². The van der Waals surface area contributed by atoms with Gasteiger partial charge < -0.3 is 9.52 Å². The number of aromatic nitrogens is 1. The van der Waals surface area contributed by atoms with Gasteiger partial charge in [-0.15, -0.1) is 0 Å². The quantitative estimate of drug-likeness (QED) is 0.778. The Kier molecular flexibility index (Phi) is 2.36. The van der Waals surface area contributed by atoms with Crippen LogP contribution in [0.15, 0.2) is 10.7 Å². The highest BCUT2D eigenvalue weighted by atomic mass is 19.1. The second-order valence-electron chi connectivity index (χ2n) is 3.17. The predicted octanol–water partition coefficient (Wildman–Crippen LogP) is 1.51. The van der Waals surface area contributed by atoms with Gasteiger partial charge in [0.2, 0.25) is 5.89 Å². The van der Waals surface area contributed by atoms with Crippen molar-refractivity contribution >= 4 is 5.97 Å². The Morgan fingerprint density at radius 2 is 2.38 bits per heavy atom. The van der Waals surface area contributed by atoms with Gasteiger partial charge in [-0.05, 0) is 13.8 Å². The maximum Gasteiger partial charge on any atom is 0.312 e. The first kappa shape index (κ1) is 9.70. The van der Waals surface area contributed by atoms with Crippen molar-refractivity contribution < 1.29 is 18.7 Å². The van der Waals surface area contributed by atoms with Gasteiger partial charge in [0, 0.05) is 0 Å². The second-order valence-corrected chi connectivity index (χ2v) is 3.17. The summed E-state index contributed by atoms with van der Waals surface area (Å²) in [6, 6.07) is 0. The summed E-state index contributed by atoms with van der Waals surface area (Å²) < 4.78 is 18.0. The van der Waals surface area contributed by atoms with Crippen LogP contribution in [0.25, 0.3) is 0 Å². The van der Waals surface area contributed by atoms with Crippen molar-refractivity contribution in [2.75, 3.05) is 0 Å². The average molecular weight is 187 g/mol. The number of hydrogen-bond donors (Lipinski definition) is 1. The van der Waals surface area contributed by atoms with Gasteiger partial charge >= 0.3 is 5.97 Å². The second kappa shape index (κ2) is 3.16. The summed E-state index contributed by atoms with van der Waals surface area (Å²) in [5, 5.41) is 8.39. The highest BCUT2D eigenvalue weighted by Crippen LogP contribution is 2.23. The number of oxazole rings is 1. The number of halogens is 1. The Morgan fingerprint density at radius 3 is 2.77 bits per heavy atom. The molecule has 0 atom stereocenters. The Bertz CT molecular complexity index is 313. The van der Waals surface area contributed by atoms with E-state index < -0.39 is 11.6 Å². The third-order valence-electron chi connectivity index (χ3n) is 1.46. The molecule has 0 unspecified atom stereocenters. The Morgan fingerprint density at radius 1 is 1.77 bits per heavy atom. The lowest BCUT2D eigenvalue weighted by molar-refractivity contribution is -0.136. The fraction of sp³-hybridized carbons (Fsp3) is 0.500. The minimum Gasteiger partial charge on any atom is -0.481 e. The van der Waals surface area contributed by atoms with Crippen molar-refractivity contribution in [3.63, 3.8) is 0 Å². The van der Waals surface area contributed by atoms with Crippen molar-refractivity contribution in [2.24, 2.45) is 0 Å². The molecule has 1 heterocycles. The molecule has 1 N–H and O–H groups in total. The zero-order chi connectivity index (χ0) is 10.1. The van der Waals surface area contributed by atoms with Gasteiger partial charge in [0.25, 0.3) is 0 Å². The number of hydrogen-bond acceptors (Lipinski definition) is 3. The zero-order valence-corrected chi connectivity index (χ0v) is 7.37. The summed E-state index contributed by atoms with van der Waals surface area (Å²) in [5.74, 6) is -1.03. The highest BCUT2D eigenvalue weighted by molar-refractivity contribution is 5.68. The van der Waals surface area contributed by atoms with Crippen molar-refractivity contribution in [2.45, 2.75) is 25.9 Å². The van der Waals surface area contributed by atoms with E-state index in [0.717, 1.165) is 6.26 Å². The molecule has 0 saturated heterocycles. The van der Waals surface area contributed by atoms with Gasteiger partial charge in [-0.1, -0.05) is 0 Å². The van der Waals surface area contributed by atoms with Gasteiger partial charge in [-0.25, -0.2) is 9.37 Å². The number of rotatable bonds is 3. The molecule has 0 aromatic carbocycles. The van der Waals surface area contributed by atoms with Crippen molar-refractivity contribution in [1.29, 1.82) is 0 Å². The van der Waals surface area contributed by atoms with E-state index in [4.69, 9.17) is 9.52 Å². The fourth-order valence-corrected chi connectivity index (χ4v) is 0.795. The maximum atomic E-state index is 13.2. The third kappa shape index (κ3) is 2.54. The lowest BCUT2D eigenvalue weighted by Gasteiger charge is -2.07. The van der Waals surface area contributed by atoms with Crippen molar-refractivity contribution in [3.05, 3.63) is 17.8 Å². The van der Waals surface area contributed by atoms with Crippen molar-refractivity contribution in [3.8, 4) is 0 Å². The van der Waals surface area contributed by atoms with Gasteiger partial charge in [0.1, 0.15) is 24.0 Å². The zero-order valence-electron chi connectivity index (χ0n) is 7.37. The fourth-order valence-electron chi connectivity index (χ4n) is 0.795. The monoisotopic (exact) mass is 187 g/mol. The maximum absolute atomic E-state index is 13.2. The summed E-state index contributed by atoms with van der Waals surface area (Å²) in [6.07, 6.45) is 0.814. The highest BCUT2D eigenvalue weighted by Gasteiger charge is 2.23. The van der Waals surface area contributed by atoms with E-state index in [1.807, 2.05) is 0 Å². The number of carboxylic acids is 1. The molecule has 0 aliphatic heterocycles. The molecule has 13 heavy (non-hydrogen) atoms. The molecule has 5 heteroatoms. The normalized spacial score (nSPS) is 11.6. The standard InChI is InChI=1S/C8H10FNO3/c1-8(2,9)5-4-13-6(10-5)3-7(11)12/h4H,3H2,1-2H3,(H,11,12). The molecule has 0 amide bonds. The molecule has 0 fully saturated rings. The van der Waals surface area contributed by atoms with Crippen LogP contribution < -0.4 is 0 Å². The Hall–Kier alpha value is -1.39. The summed E-state index contributed by atoms with van der Waals surface area (Å²) in [6.45, 7) is 2.66. The van der Waals surface area contributed by atoms with E-state index in [0.29, 0.717) is 0 Å². The SMILES string of the molecule is CC(C)(F)c1coc(CC(=O)O)n1. The molecule has 72 valence electrons. The summed E-state index contributed by atoms with van der Waals surface area (Å²) in [7, 11) is 0. The minimum absolute atomic E-state index is 0.0215. The van der Waals surface area contributed by atoms with E-state index >= 15 is 0 Å². The molecular formula is C8H10FNO3. The Labute approximate surface area is 74.4 Å². The van der Waals surface area contributed by atoms with Gasteiger partial charge in [0.05, 0.1) is 0 Å². The van der Waals surface area contributed by atoms with E-state index in [2.05, 4.69) is 4.98 Å².